The zero-order valence-electron chi connectivity index (χ0n) is 17.7. The summed E-state index contributed by atoms with van der Waals surface area (Å²) < 4.78 is 0. The molecule has 1 aliphatic rings. The van der Waals surface area contributed by atoms with Crippen LogP contribution in [0, 0.1) is 0 Å². The van der Waals surface area contributed by atoms with Gasteiger partial charge in [0.15, 0.2) is 0 Å². The SMILES string of the molecule is CCN(CC(=O)Nc1c(Cl)cccc1Cl)C(=O)CN1CCN(Cc2ccccc2)CC1. The van der Waals surface area contributed by atoms with Gasteiger partial charge in [-0.25, -0.2) is 0 Å². The number of nitrogens with one attached hydrogen (secondary N) is 1. The van der Waals surface area contributed by atoms with Crippen molar-refractivity contribution in [3.05, 3.63) is 64.1 Å². The van der Waals surface area contributed by atoms with E-state index in [4.69, 9.17) is 23.2 Å². The fourth-order valence-electron chi connectivity index (χ4n) is 3.58. The Morgan fingerprint density at radius 1 is 0.935 bits per heavy atom. The van der Waals surface area contributed by atoms with E-state index in [0.29, 0.717) is 28.8 Å². The Hall–Kier alpha value is -2.12. The third kappa shape index (κ3) is 6.94. The Kier molecular flexibility index (Phi) is 8.72. The highest BCUT2D eigenvalue weighted by Crippen LogP contribution is 2.29. The number of likely N-dealkylation sites (N-methyl/N-ethyl adjacent to an activating group) is 1. The molecule has 0 spiro atoms. The molecular weight excluding hydrogens is 435 g/mol. The van der Waals surface area contributed by atoms with Crippen molar-refractivity contribution in [1.82, 2.24) is 14.7 Å². The number of carbonyl (C=O) groups is 2. The summed E-state index contributed by atoms with van der Waals surface area (Å²) in [6.45, 7) is 7.02. The van der Waals surface area contributed by atoms with E-state index in [2.05, 4.69) is 39.4 Å². The molecule has 8 heteroatoms. The first kappa shape index (κ1) is 23.5. The number of hydrogen-bond donors (Lipinski definition) is 1. The lowest BCUT2D eigenvalue weighted by molar-refractivity contribution is -0.135. The summed E-state index contributed by atoms with van der Waals surface area (Å²) in [5, 5.41) is 3.44. The molecule has 0 aromatic heterocycles. The molecule has 0 unspecified atom stereocenters. The van der Waals surface area contributed by atoms with Crippen molar-refractivity contribution in [2.45, 2.75) is 13.5 Å². The van der Waals surface area contributed by atoms with Gasteiger partial charge in [-0.3, -0.25) is 19.4 Å². The fraction of sp³-hybridized carbons (Fsp3) is 0.391. The molecule has 2 aromatic carbocycles. The normalized spacial score (nSPS) is 14.9. The van der Waals surface area contributed by atoms with Crippen LogP contribution >= 0.6 is 23.2 Å². The number of amides is 2. The number of halogens is 2. The fourth-order valence-corrected chi connectivity index (χ4v) is 4.08. The monoisotopic (exact) mass is 462 g/mol. The molecule has 1 heterocycles. The van der Waals surface area contributed by atoms with E-state index in [1.54, 1.807) is 23.1 Å². The van der Waals surface area contributed by atoms with E-state index >= 15 is 0 Å². The van der Waals surface area contributed by atoms with Crippen molar-refractivity contribution in [2.24, 2.45) is 0 Å². The molecule has 2 amide bonds. The summed E-state index contributed by atoms with van der Waals surface area (Å²) in [4.78, 5) is 31.3. The summed E-state index contributed by atoms with van der Waals surface area (Å²) in [7, 11) is 0. The van der Waals surface area contributed by atoms with E-state index in [9.17, 15) is 9.59 Å². The maximum Gasteiger partial charge on any atom is 0.244 e. The Labute approximate surface area is 193 Å². The van der Waals surface area contributed by atoms with Gasteiger partial charge in [-0.15, -0.1) is 0 Å². The number of nitrogens with zero attached hydrogens (tertiary/aromatic N) is 3. The van der Waals surface area contributed by atoms with Gasteiger partial charge in [-0.05, 0) is 24.6 Å². The third-order valence-electron chi connectivity index (χ3n) is 5.37. The van der Waals surface area contributed by atoms with Crippen LogP contribution in [-0.4, -0.2) is 72.3 Å². The van der Waals surface area contributed by atoms with Crippen molar-refractivity contribution >= 4 is 40.7 Å². The number of anilines is 1. The summed E-state index contributed by atoms with van der Waals surface area (Å²) in [5.41, 5.74) is 1.67. The van der Waals surface area contributed by atoms with Crippen molar-refractivity contribution in [2.75, 3.05) is 51.1 Å². The molecule has 0 radical (unpaired) electrons. The van der Waals surface area contributed by atoms with E-state index < -0.39 is 0 Å². The number of benzene rings is 2. The van der Waals surface area contributed by atoms with Gasteiger partial charge in [0.1, 0.15) is 0 Å². The molecule has 166 valence electrons. The van der Waals surface area contributed by atoms with Crippen LogP contribution in [0.3, 0.4) is 0 Å². The highest BCUT2D eigenvalue weighted by Gasteiger charge is 2.23. The lowest BCUT2D eigenvalue weighted by Gasteiger charge is -2.35. The van der Waals surface area contributed by atoms with Crippen molar-refractivity contribution in [3.8, 4) is 0 Å². The van der Waals surface area contributed by atoms with Crippen LogP contribution in [0.5, 0.6) is 0 Å². The summed E-state index contributed by atoms with van der Waals surface area (Å²) >= 11 is 12.2. The van der Waals surface area contributed by atoms with Crippen LogP contribution < -0.4 is 5.32 Å². The summed E-state index contributed by atoms with van der Waals surface area (Å²) in [6.07, 6.45) is 0. The minimum Gasteiger partial charge on any atom is -0.333 e. The van der Waals surface area contributed by atoms with Crippen molar-refractivity contribution < 1.29 is 9.59 Å². The molecule has 0 bridgehead atoms. The third-order valence-corrected chi connectivity index (χ3v) is 6.00. The number of carbonyl (C=O) groups excluding carboxylic acids is 2. The predicted octanol–water partition coefficient (Wildman–Crippen LogP) is 3.60. The highest BCUT2D eigenvalue weighted by molar-refractivity contribution is 6.39. The summed E-state index contributed by atoms with van der Waals surface area (Å²) in [5.74, 6) is -0.378. The molecule has 31 heavy (non-hydrogen) atoms. The molecule has 2 aromatic rings. The van der Waals surface area contributed by atoms with Gasteiger partial charge in [0.05, 0.1) is 28.8 Å². The second kappa shape index (κ2) is 11.5. The maximum absolute atomic E-state index is 12.8. The number of hydrogen-bond acceptors (Lipinski definition) is 4. The van der Waals surface area contributed by atoms with Crippen molar-refractivity contribution in [3.63, 3.8) is 0 Å². The Balaban J connectivity index is 1.46. The van der Waals surface area contributed by atoms with E-state index in [0.717, 1.165) is 32.7 Å². The standard InChI is InChI=1S/C23H28Cl2N4O2/c1-2-29(16-21(30)26-23-19(24)9-6-10-20(23)25)22(31)17-28-13-11-27(12-14-28)15-18-7-4-3-5-8-18/h3-10H,2,11-17H2,1H3,(H,26,30). The van der Waals surface area contributed by atoms with Gasteiger partial charge >= 0.3 is 0 Å². The molecular formula is C23H28Cl2N4O2. The molecule has 1 fully saturated rings. The van der Waals surface area contributed by atoms with Crippen LogP contribution in [0.1, 0.15) is 12.5 Å². The average Bonchev–Trinajstić information content (AvgIpc) is 2.77. The molecule has 3 rings (SSSR count). The smallest absolute Gasteiger partial charge is 0.244 e. The quantitative estimate of drug-likeness (QED) is 0.650. The van der Waals surface area contributed by atoms with Gasteiger partial charge in [0, 0.05) is 39.3 Å². The van der Waals surface area contributed by atoms with Crippen LogP contribution in [-0.2, 0) is 16.1 Å². The van der Waals surface area contributed by atoms with E-state index in [1.165, 1.54) is 5.56 Å². The average molecular weight is 463 g/mol. The second-order valence-corrected chi connectivity index (χ2v) is 8.41. The molecule has 6 nitrogen and oxygen atoms in total. The molecule has 1 saturated heterocycles. The molecule has 1 aliphatic heterocycles. The topological polar surface area (TPSA) is 55.9 Å². The summed E-state index contributed by atoms with van der Waals surface area (Å²) in [6, 6.07) is 15.4. The second-order valence-electron chi connectivity index (χ2n) is 7.59. The van der Waals surface area contributed by atoms with Gasteiger partial charge in [-0.2, -0.15) is 0 Å². The Bertz CT molecular complexity index is 866. The molecule has 0 saturated carbocycles. The van der Waals surface area contributed by atoms with Crippen LogP contribution in [0.15, 0.2) is 48.5 Å². The Morgan fingerprint density at radius 2 is 1.55 bits per heavy atom. The van der Waals surface area contributed by atoms with Crippen LogP contribution in [0.2, 0.25) is 10.0 Å². The minimum atomic E-state index is -0.321. The van der Waals surface area contributed by atoms with E-state index in [1.807, 2.05) is 13.0 Å². The Morgan fingerprint density at radius 3 is 2.16 bits per heavy atom. The maximum atomic E-state index is 12.8. The molecule has 1 N–H and O–H groups in total. The minimum absolute atomic E-state index is 0.0368. The highest BCUT2D eigenvalue weighted by atomic mass is 35.5. The number of piperazine rings is 1. The number of para-hydroxylation sites is 1. The van der Waals surface area contributed by atoms with Crippen LogP contribution in [0.4, 0.5) is 5.69 Å². The largest absolute Gasteiger partial charge is 0.333 e. The first-order chi connectivity index (χ1) is 15.0. The first-order valence-electron chi connectivity index (χ1n) is 10.5. The molecule has 0 aliphatic carbocycles. The lowest BCUT2D eigenvalue weighted by atomic mass is 10.2. The zero-order valence-corrected chi connectivity index (χ0v) is 19.2. The first-order valence-corrected chi connectivity index (χ1v) is 11.2. The number of rotatable bonds is 8. The van der Waals surface area contributed by atoms with Gasteiger partial charge in [-0.1, -0.05) is 59.6 Å². The van der Waals surface area contributed by atoms with Crippen LogP contribution in [0.25, 0.3) is 0 Å². The predicted molar refractivity (Wildman–Crippen MR) is 126 cm³/mol. The van der Waals surface area contributed by atoms with Gasteiger partial charge < -0.3 is 10.2 Å². The van der Waals surface area contributed by atoms with Gasteiger partial charge in [0.2, 0.25) is 11.8 Å². The van der Waals surface area contributed by atoms with E-state index in [-0.39, 0.29) is 18.4 Å². The molecule has 0 atom stereocenters. The lowest BCUT2D eigenvalue weighted by Crippen LogP contribution is -2.50. The zero-order chi connectivity index (χ0) is 22.2. The van der Waals surface area contributed by atoms with Gasteiger partial charge in [0.25, 0.3) is 0 Å². The van der Waals surface area contributed by atoms with Crippen molar-refractivity contribution in [1.29, 1.82) is 0 Å².